The van der Waals surface area contributed by atoms with Crippen molar-refractivity contribution in [1.29, 1.82) is 0 Å². The fraction of sp³-hybridized carbons (Fsp3) is 0.250. The molecule has 0 fully saturated rings. The molecule has 1 unspecified atom stereocenters. The summed E-state index contributed by atoms with van der Waals surface area (Å²) >= 11 is 1.23. The van der Waals surface area contributed by atoms with Gasteiger partial charge in [0, 0.05) is 5.56 Å². The molecule has 3 aromatic rings. The van der Waals surface area contributed by atoms with Gasteiger partial charge in [-0.05, 0) is 44.0 Å². The van der Waals surface area contributed by atoms with Crippen molar-refractivity contribution in [3.8, 4) is 10.6 Å². The monoisotopic (exact) mass is 430 g/mol. The molecule has 0 aliphatic carbocycles. The van der Waals surface area contributed by atoms with Crippen molar-refractivity contribution in [2.45, 2.75) is 26.8 Å². The van der Waals surface area contributed by atoms with Crippen LogP contribution in [0.15, 0.2) is 48.5 Å². The van der Waals surface area contributed by atoms with Crippen LogP contribution in [0.3, 0.4) is 0 Å². The Morgan fingerprint density at radius 2 is 1.76 bits per heavy atom. The Morgan fingerprint density at radius 1 is 1.07 bits per heavy atom. The van der Waals surface area contributed by atoms with Gasteiger partial charge in [0.1, 0.15) is 11.0 Å². The molecular formula is C20H22N4O3S2. The lowest BCUT2D eigenvalue weighted by molar-refractivity contribution is -0.116. The maximum absolute atomic E-state index is 12.8. The summed E-state index contributed by atoms with van der Waals surface area (Å²) in [7, 11) is -3.68. The smallest absolute Gasteiger partial charge is 0.249 e. The van der Waals surface area contributed by atoms with E-state index in [1.807, 2.05) is 50.2 Å². The van der Waals surface area contributed by atoms with Crippen LogP contribution in [0.5, 0.6) is 0 Å². The molecule has 2 aromatic carbocycles. The molecule has 0 saturated carbocycles. The number of sulfonamides is 1. The highest BCUT2D eigenvalue weighted by atomic mass is 32.2. The summed E-state index contributed by atoms with van der Waals surface area (Å²) in [5.41, 5.74) is 3.33. The third kappa shape index (κ3) is 4.80. The van der Waals surface area contributed by atoms with Gasteiger partial charge < -0.3 is 0 Å². The second-order valence-corrected chi connectivity index (χ2v) is 9.61. The van der Waals surface area contributed by atoms with Crippen LogP contribution in [0, 0.1) is 13.8 Å². The van der Waals surface area contributed by atoms with E-state index in [1.165, 1.54) is 11.3 Å². The Labute approximate surface area is 174 Å². The number of nitrogens with one attached hydrogen (secondary N) is 1. The first kappa shape index (κ1) is 20.9. The quantitative estimate of drug-likeness (QED) is 0.645. The molecule has 0 aliphatic rings. The molecule has 1 heterocycles. The largest absolute Gasteiger partial charge is 0.299 e. The second-order valence-electron chi connectivity index (χ2n) is 6.77. The van der Waals surface area contributed by atoms with Gasteiger partial charge in [0.15, 0.2) is 0 Å². The highest BCUT2D eigenvalue weighted by molar-refractivity contribution is 7.92. The molecule has 0 bridgehead atoms. The molecule has 0 aliphatic heterocycles. The predicted octanol–water partition coefficient (Wildman–Crippen LogP) is 3.62. The first-order valence-corrected chi connectivity index (χ1v) is 11.6. The van der Waals surface area contributed by atoms with E-state index in [0.717, 1.165) is 27.3 Å². The average Bonchev–Trinajstić information content (AvgIpc) is 3.13. The van der Waals surface area contributed by atoms with E-state index in [2.05, 4.69) is 15.5 Å². The molecule has 1 aromatic heterocycles. The number of hydrogen-bond acceptors (Lipinski definition) is 6. The molecule has 3 rings (SSSR count). The van der Waals surface area contributed by atoms with Crippen molar-refractivity contribution < 1.29 is 13.2 Å². The number of aromatic nitrogens is 2. The van der Waals surface area contributed by atoms with E-state index < -0.39 is 22.0 Å². The summed E-state index contributed by atoms with van der Waals surface area (Å²) in [4.78, 5) is 12.8. The summed E-state index contributed by atoms with van der Waals surface area (Å²) in [5, 5.41) is 11.8. The van der Waals surface area contributed by atoms with E-state index in [4.69, 9.17) is 0 Å². The average molecular weight is 431 g/mol. The van der Waals surface area contributed by atoms with Crippen LogP contribution >= 0.6 is 11.3 Å². The molecular weight excluding hydrogens is 408 g/mol. The minimum atomic E-state index is -3.68. The standard InChI is InChI=1S/C20H22N4O3S2/c1-13-10-11-17(12-14(13)2)24(29(4,26)27)15(3)18(25)21-20-23-22-19(28-20)16-8-6-5-7-9-16/h5-12,15H,1-4H3,(H,21,23,25). The van der Waals surface area contributed by atoms with Gasteiger partial charge in [0.05, 0.1) is 11.9 Å². The Morgan fingerprint density at radius 3 is 2.38 bits per heavy atom. The number of benzene rings is 2. The maximum Gasteiger partial charge on any atom is 0.249 e. The third-order valence-corrected chi connectivity index (χ3v) is 6.64. The number of aryl methyl sites for hydroxylation is 2. The maximum atomic E-state index is 12.8. The van der Waals surface area contributed by atoms with Crippen molar-refractivity contribution in [2.24, 2.45) is 0 Å². The first-order valence-electron chi connectivity index (χ1n) is 8.93. The van der Waals surface area contributed by atoms with Gasteiger partial charge in [-0.2, -0.15) is 0 Å². The van der Waals surface area contributed by atoms with Crippen LogP contribution in [0.2, 0.25) is 0 Å². The highest BCUT2D eigenvalue weighted by Gasteiger charge is 2.30. The van der Waals surface area contributed by atoms with Crippen molar-refractivity contribution >= 4 is 38.1 Å². The van der Waals surface area contributed by atoms with Gasteiger partial charge in [0.25, 0.3) is 0 Å². The van der Waals surface area contributed by atoms with E-state index in [1.54, 1.807) is 19.1 Å². The molecule has 1 atom stereocenters. The molecule has 1 amide bonds. The van der Waals surface area contributed by atoms with Crippen molar-refractivity contribution in [1.82, 2.24) is 10.2 Å². The SMILES string of the molecule is Cc1ccc(N(C(C)C(=O)Nc2nnc(-c3ccccc3)s2)S(C)(=O)=O)cc1C. The molecule has 152 valence electrons. The second kappa shape index (κ2) is 8.30. The Hall–Kier alpha value is -2.78. The number of hydrogen-bond donors (Lipinski definition) is 1. The third-order valence-electron chi connectivity index (χ3n) is 4.51. The molecule has 7 nitrogen and oxygen atoms in total. The summed E-state index contributed by atoms with van der Waals surface area (Å²) in [6.07, 6.45) is 1.09. The van der Waals surface area contributed by atoms with Crippen LogP contribution in [0.1, 0.15) is 18.1 Å². The zero-order chi connectivity index (χ0) is 21.2. The number of amides is 1. The zero-order valence-electron chi connectivity index (χ0n) is 16.6. The van der Waals surface area contributed by atoms with Crippen molar-refractivity contribution in [3.63, 3.8) is 0 Å². The van der Waals surface area contributed by atoms with Gasteiger partial charge in [-0.1, -0.05) is 47.7 Å². The van der Waals surface area contributed by atoms with Gasteiger partial charge in [-0.3, -0.25) is 14.4 Å². The molecule has 0 radical (unpaired) electrons. The summed E-state index contributed by atoms with van der Waals surface area (Å²) in [6, 6.07) is 13.8. The number of rotatable bonds is 6. The lowest BCUT2D eigenvalue weighted by atomic mass is 10.1. The van der Waals surface area contributed by atoms with Gasteiger partial charge in [-0.15, -0.1) is 10.2 Å². The number of carbonyl (C=O) groups excluding carboxylic acids is 1. The van der Waals surface area contributed by atoms with E-state index in [-0.39, 0.29) is 0 Å². The fourth-order valence-corrected chi connectivity index (χ4v) is 4.77. The van der Waals surface area contributed by atoms with Crippen molar-refractivity contribution in [2.75, 3.05) is 15.9 Å². The van der Waals surface area contributed by atoms with Gasteiger partial charge >= 0.3 is 0 Å². The first-order chi connectivity index (χ1) is 13.7. The number of nitrogens with zero attached hydrogens (tertiary/aromatic N) is 3. The Kier molecular flexibility index (Phi) is 5.99. The van der Waals surface area contributed by atoms with E-state index >= 15 is 0 Å². The topological polar surface area (TPSA) is 92.3 Å². The van der Waals surface area contributed by atoms with Crippen LogP contribution < -0.4 is 9.62 Å². The highest BCUT2D eigenvalue weighted by Crippen LogP contribution is 2.27. The van der Waals surface area contributed by atoms with Crippen LogP contribution in [-0.2, 0) is 14.8 Å². The molecule has 9 heteroatoms. The van der Waals surface area contributed by atoms with Crippen molar-refractivity contribution in [3.05, 3.63) is 59.7 Å². The summed E-state index contributed by atoms with van der Waals surface area (Å²) in [5.74, 6) is -0.482. The van der Waals surface area contributed by atoms with Gasteiger partial charge in [-0.25, -0.2) is 8.42 Å². The molecule has 0 saturated heterocycles. The Balaban J connectivity index is 1.83. The summed E-state index contributed by atoms with van der Waals surface area (Å²) in [6.45, 7) is 5.39. The summed E-state index contributed by atoms with van der Waals surface area (Å²) < 4.78 is 26.0. The molecule has 1 N–H and O–H groups in total. The lowest BCUT2D eigenvalue weighted by Crippen LogP contribution is -2.45. The predicted molar refractivity (Wildman–Crippen MR) is 117 cm³/mol. The fourth-order valence-electron chi connectivity index (χ4n) is 2.85. The van der Waals surface area contributed by atoms with Gasteiger partial charge in [0.2, 0.25) is 21.1 Å². The lowest BCUT2D eigenvalue weighted by Gasteiger charge is -2.28. The number of carbonyl (C=O) groups is 1. The minimum absolute atomic E-state index is 0.314. The zero-order valence-corrected chi connectivity index (χ0v) is 18.2. The van der Waals surface area contributed by atoms with E-state index in [9.17, 15) is 13.2 Å². The molecule has 0 spiro atoms. The van der Waals surface area contributed by atoms with Crippen LogP contribution in [-0.4, -0.2) is 36.8 Å². The van der Waals surface area contributed by atoms with E-state index in [0.29, 0.717) is 15.8 Å². The molecule has 29 heavy (non-hydrogen) atoms. The minimum Gasteiger partial charge on any atom is -0.299 e. The Bertz CT molecular complexity index is 1130. The van der Waals surface area contributed by atoms with Crippen LogP contribution in [0.4, 0.5) is 10.8 Å². The number of anilines is 2. The normalized spacial score (nSPS) is 12.4. The van der Waals surface area contributed by atoms with Crippen LogP contribution in [0.25, 0.3) is 10.6 Å².